The van der Waals surface area contributed by atoms with Crippen LogP contribution in [0.15, 0.2) is 35.0 Å². The van der Waals surface area contributed by atoms with Gasteiger partial charge in [0, 0.05) is 0 Å². The Bertz CT molecular complexity index is 643. The van der Waals surface area contributed by atoms with Crippen LogP contribution in [-0.2, 0) is 14.9 Å². The normalized spacial score (nSPS) is 14.1. The van der Waals surface area contributed by atoms with Gasteiger partial charge in [0.25, 0.3) is 10.1 Å². The fraction of sp³-hybridized carbons (Fsp3) is 0.700. The molecule has 0 saturated carbocycles. The molecule has 0 amide bonds. The minimum atomic E-state index is -5.34. The molecule has 0 aliphatic heterocycles. The van der Waals surface area contributed by atoms with Crippen molar-refractivity contribution in [1.82, 2.24) is 0 Å². The Morgan fingerprint density at radius 2 is 1.24 bits per heavy atom. The van der Waals surface area contributed by atoms with Gasteiger partial charge in [-0.2, -0.15) is 12.8 Å². The lowest BCUT2D eigenvalue weighted by Gasteiger charge is -2.09. The Hall–Kier alpha value is -1.35. The van der Waals surface area contributed by atoms with Gasteiger partial charge in [0.2, 0.25) is 5.83 Å². The molecule has 0 bridgehead atoms. The summed E-state index contributed by atoms with van der Waals surface area (Å²) in [6.07, 6.45) is 11.9. The SMILES string of the molecule is CCCCCCCCCCCCCCOC(=CF)C(F)=C(F)C(=CF)S(=O)(=O)O. The molecule has 0 aromatic rings. The average molecular weight is 445 g/mol. The average Bonchev–Trinajstić information content (AvgIpc) is 2.67. The van der Waals surface area contributed by atoms with E-state index in [2.05, 4.69) is 6.92 Å². The van der Waals surface area contributed by atoms with Gasteiger partial charge in [-0.15, -0.1) is 0 Å². The second-order valence-electron chi connectivity index (χ2n) is 6.79. The molecule has 0 atom stereocenters. The zero-order chi connectivity index (χ0) is 22.1. The standard InChI is InChI=1S/C20H32F4O4S/c1-2-3-4-5-6-7-8-9-10-11-12-13-14-28-17(15-21)19(23)20(24)18(16-22)29(25,26)27/h15-16H,2-14H2,1H3,(H,25,26,27). The fourth-order valence-electron chi connectivity index (χ4n) is 2.70. The molecule has 0 spiro atoms. The van der Waals surface area contributed by atoms with Crippen molar-refractivity contribution < 1.29 is 35.3 Å². The fourth-order valence-corrected chi connectivity index (χ4v) is 3.13. The first-order valence-corrected chi connectivity index (χ1v) is 11.5. The highest BCUT2D eigenvalue weighted by atomic mass is 32.2. The van der Waals surface area contributed by atoms with Crippen LogP contribution in [0.2, 0.25) is 0 Å². The lowest BCUT2D eigenvalue weighted by atomic mass is 10.1. The van der Waals surface area contributed by atoms with Crippen molar-refractivity contribution in [2.45, 2.75) is 84.0 Å². The first-order chi connectivity index (χ1) is 13.8. The monoisotopic (exact) mass is 444 g/mol. The lowest BCUT2D eigenvalue weighted by Crippen LogP contribution is -2.05. The molecular formula is C20H32F4O4S. The van der Waals surface area contributed by atoms with E-state index in [-0.39, 0.29) is 6.61 Å². The minimum Gasteiger partial charge on any atom is -0.488 e. The quantitative estimate of drug-likeness (QED) is 0.0836. The van der Waals surface area contributed by atoms with Crippen LogP contribution in [0.25, 0.3) is 0 Å². The molecule has 9 heteroatoms. The van der Waals surface area contributed by atoms with E-state index in [1.807, 2.05) is 0 Å². The largest absolute Gasteiger partial charge is 0.488 e. The van der Waals surface area contributed by atoms with Crippen LogP contribution < -0.4 is 0 Å². The first kappa shape index (κ1) is 27.6. The van der Waals surface area contributed by atoms with Gasteiger partial charge in [0.15, 0.2) is 16.5 Å². The third kappa shape index (κ3) is 12.7. The van der Waals surface area contributed by atoms with Crippen molar-refractivity contribution >= 4 is 10.1 Å². The predicted molar refractivity (Wildman–Crippen MR) is 106 cm³/mol. The van der Waals surface area contributed by atoms with E-state index < -0.39 is 45.1 Å². The lowest BCUT2D eigenvalue weighted by molar-refractivity contribution is 0.194. The van der Waals surface area contributed by atoms with Crippen LogP contribution >= 0.6 is 0 Å². The van der Waals surface area contributed by atoms with E-state index >= 15 is 0 Å². The van der Waals surface area contributed by atoms with E-state index in [0.717, 1.165) is 25.7 Å². The van der Waals surface area contributed by atoms with E-state index in [0.29, 0.717) is 6.42 Å². The molecular weight excluding hydrogens is 412 g/mol. The zero-order valence-electron chi connectivity index (χ0n) is 16.9. The highest BCUT2D eigenvalue weighted by Crippen LogP contribution is 2.27. The summed E-state index contributed by atoms with van der Waals surface area (Å²) < 4.78 is 87.4. The summed E-state index contributed by atoms with van der Waals surface area (Å²) in [5.41, 5.74) is 0. The number of halogens is 4. The maximum absolute atomic E-state index is 13.8. The van der Waals surface area contributed by atoms with Crippen molar-refractivity contribution in [3.8, 4) is 0 Å². The Morgan fingerprint density at radius 1 is 0.793 bits per heavy atom. The molecule has 0 saturated heterocycles. The third-order valence-electron chi connectivity index (χ3n) is 4.36. The van der Waals surface area contributed by atoms with E-state index in [4.69, 9.17) is 9.29 Å². The Labute approximate surface area is 171 Å². The number of rotatable bonds is 17. The third-order valence-corrected chi connectivity index (χ3v) is 5.18. The second kappa shape index (κ2) is 16.4. The van der Waals surface area contributed by atoms with Crippen LogP contribution in [-0.4, -0.2) is 19.6 Å². The molecule has 0 rings (SSSR count). The molecule has 170 valence electrons. The number of hydrogen-bond acceptors (Lipinski definition) is 3. The van der Waals surface area contributed by atoms with E-state index in [9.17, 15) is 26.0 Å². The summed E-state index contributed by atoms with van der Waals surface area (Å²) in [6.45, 7) is 2.07. The van der Waals surface area contributed by atoms with Crippen molar-refractivity contribution in [2.75, 3.05) is 6.61 Å². The molecule has 0 heterocycles. The van der Waals surface area contributed by atoms with Crippen LogP contribution in [0.5, 0.6) is 0 Å². The number of ether oxygens (including phenoxy) is 1. The van der Waals surface area contributed by atoms with E-state index in [1.54, 1.807) is 0 Å². The van der Waals surface area contributed by atoms with Crippen molar-refractivity contribution in [3.63, 3.8) is 0 Å². The summed E-state index contributed by atoms with van der Waals surface area (Å²) in [7, 11) is -5.34. The summed E-state index contributed by atoms with van der Waals surface area (Å²) >= 11 is 0. The maximum Gasteiger partial charge on any atom is 0.299 e. The molecule has 0 aliphatic rings. The summed E-state index contributed by atoms with van der Waals surface area (Å²) in [5, 5.41) is 0. The molecule has 1 N–H and O–H groups in total. The summed E-state index contributed by atoms with van der Waals surface area (Å²) in [5.74, 6) is -5.52. The zero-order valence-corrected chi connectivity index (χ0v) is 17.8. The van der Waals surface area contributed by atoms with Gasteiger partial charge in [-0.25, -0.2) is 13.2 Å². The van der Waals surface area contributed by atoms with Crippen LogP contribution in [0.4, 0.5) is 17.6 Å². The Balaban J connectivity index is 4.07. The number of allylic oxidation sites excluding steroid dienone is 2. The minimum absolute atomic E-state index is 0.117. The van der Waals surface area contributed by atoms with Gasteiger partial charge >= 0.3 is 0 Å². The number of hydrogen-bond donors (Lipinski definition) is 1. The Morgan fingerprint density at radius 3 is 1.62 bits per heavy atom. The predicted octanol–water partition coefficient (Wildman–Crippen LogP) is 7.36. The molecule has 0 aromatic heterocycles. The second-order valence-corrected chi connectivity index (χ2v) is 8.18. The Kier molecular flexibility index (Phi) is 15.7. The smallest absolute Gasteiger partial charge is 0.299 e. The first-order valence-electron chi connectivity index (χ1n) is 10.1. The molecule has 0 aromatic carbocycles. The molecule has 29 heavy (non-hydrogen) atoms. The molecule has 4 nitrogen and oxygen atoms in total. The highest BCUT2D eigenvalue weighted by molar-refractivity contribution is 7.90. The van der Waals surface area contributed by atoms with Crippen LogP contribution in [0.1, 0.15) is 84.0 Å². The van der Waals surface area contributed by atoms with Gasteiger partial charge in [-0.3, -0.25) is 4.55 Å². The van der Waals surface area contributed by atoms with Crippen molar-refractivity contribution in [1.29, 1.82) is 0 Å². The van der Waals surface area contributed by atoms with Gasteiger partial charge < -0.3 is 4.74 Å². The van der Waals surface area contributed by atoms with Crippen LogP contribution in [0, 0.1) is 0 Å². The molecule has 0 radical (unpaired) electrons. The van der Waals surface area contributed by atoms with Gasteiger partial charge in [0.1, 0.15) is 12.7 Å². The van der Waals surface area contributed by atoms with Crippen molar-refractivity contribution in [2.24, 2.45) is 0 Å². The maximum atomic E-state index is 13.8. The topological polar surface area (TPSA) is 63.6 Å². The van der Waals surface area contributed by atoms with E-state index in [1.165, 1.54) is 44.9 Å². The van der Waals surface area contributed by atoms with Crippen molar-refractivity contribution in [3.05, 3.63) is 35.0 Å². The molecule has 0 unspecified atom stereocenters. The number of unbranched alkanes of at least 4 members (excludes halogenated alkanes) is 11. The molecule has 0 fully saturated rings. The van der Waals surface area contributed by atoms with Gasteiger partial charge in [-0.05, 0) is 6.42 Å². The summed E-state index contributed by atoms with van der Waals surface area (Å²) in [6, 6.07) is 0. The molecule has 0 aliphatic carbocycles. The van der Waals surface area contributed by atoms with Crippen LogP contribution in [0.3, 0.4) is 0 Å². The van der Waals surface area contributed by atoms with Gasteiger partial charge in [0.05, 0.1) is 6.61 Å². The van der Waals surface area contributed by atoms with Gasteiger partial charge in [-0.1, -0.05) is 77.6 Å². The highest BCUT2D eigenvalue weighted by Gasteiger charge is 2.26. The summed E-state index contributed by atoms with van der Waals surface area (Å²) in [4.78, 5) is -1.94.